The Morgan fingerprint density at radius 1 is 1.33 bits per heavy atom. The fourth-order valence-electron chi connectivity index (χ4n) is 1.82. The summed E-state index contributed by atoms with van der Waals surface area (Å²) in [7, 11) is 0. The fraction of sp³-hybridized carbons (Fsp3) is 0.400. The van der Waals surface area contributed by atoms with Crippen LogP contribution in [-0.2, 0) is 0 Å². The van der Waals surface area contributed by atoms with Gasteiger partial charge < -0.3 is 4.74 Å². The van der Waals surface area contributed by atoms with Crippen molar-refractivity contribution in [1.82, 2.24) is 14.9 Å². The van der Waals surface area contributed by atoms with Crippen molar-refractivity contribution in [3.63, 3.8) is 0 Å². The number of aromatic amines is 1. The van der Waals surface area contributed by atoms with Crippen LogP contribution >= 0.6 is 12.2 Å². The second-order valence-corrected chi connectivity index (χ2v) is 5.14. The highest BCUT2D eigenvalue weighted by Gasteiger charge is 1.98. The van der Waals surface area contributed by atoms with Gasteiger partial charge in [0.05, 0.1) is 12.8 Å². The monoisotopic (exact) mass is 304 g/mol. The highest BCUT2D eigenvalue weighted by atomic mass is 32.1. The van der Waals surface area contributed by atoms with Crippen LogP contribution in [-0.4, -0.2) is 27.7 Å². The van der Waals surface area contributed by atoms with Crippen LogP contribution in [0.1, 0.15) is 37.6 Å². The third-order valence-corrected chi connectivity index (χ3v) is 3.30. The molecule has 0 unspecified atom stereocenters. The fourth-order valence-corrected chi connectivity index (χ4v) is 2.05. The van der Waals surface area contributed by atoms with Gasteiger partial charge in [0.15, 0.2) is 0 Å². The molecule has 0 amide bonds. The quantitative estimate of drug-likeness (QED) is 0.482. The van der Waals surface area contributed by atoms with Crippen LogP contribution < -0.4 is 4.74 Å². The number of unbranched alkanes of at least 4 members (excludes halogenated alkanes) is 2. The van der Waals surface area contributed by atoms with E-state index in [0.717, 1.165) is 30.2 Å². The van der Waals surface area contributed by atoms with Crippen LogP contribution in [0.3, 0.4) is 0 Å². The molecule has 0 aliphatic carbocycles. The molecule has 0 aliphatic heterocycles. The second-order valence-electron chi connectivity index (χ2n) is 4.76. The summed E-state index contributed by atoms with van der Waals surface area (Å²) >= 11 is 5.09. The molecule has 0 bridgehead atoms. The van der Waals surface area contributed by atoms with E-state index in [-0.39, 0.29) is 0 Å². The van der Waals surface area contributed by atoms with Crippen molar-refractivity contribution in [1.29, 1.82) is 0 Å². The lowest BCUT2D eigenvalue weighted by atomic mass is 10.2. The average Bonchev–Trinajstić information content (AvgIpc) is 2.82. The van der Waals surface area contributed by atoms with Crippen LogP contribution in [0.15, 0.2) is 29.4 Å². The van der Waals surface area contributed by atoms with Crippen LogP contribution in [0.2, 0.25) is 0 Å². The lowest BCUT2D eigenvalue weighted by molar-refractivity contribution is 0.306. The van der Waals surface area contributed by atoms with E-state index in [1.807, 2.05) is 31.2 Å². The van der Waals surface area contributed by atoms with Crippen molar-refractivity contribution in [2.24, 2.45) is 5.10 Å². The molecule has 6 heteroatoms. The van der Waals surface area contributed by atoms with Crippen molar-refractivity contribution in [3.8, 4) is 5.75 Å². The Hall–Kier alpha value is -1.95. The SMILES string of the molecule is CCCCCOc1ccc(/C=N\n2c(C)n[nH]c2=S)cc1. The number of aryl methyl sites for hydroxylation is 1. The van der Waals surface area contributed by atoms with Gasteiger partial charge in [0.1, 0.15) is 11.6 Å². The number of hydrogen-bond donors (Lipinski definition) is 1. The second kappa shape index (κ2) is 7.73. The minimum absolute atomic E-state index is 0.486. The van der Waals surface area contributed by atoms with Crippen molar-refractivity contribution in [2.45, 2.75) is 33.1 Å². The molecule has 1 heterocycles. The van der Waals surface area contributed by atoms with E-state index in [1.165, 1.54) is 12.8 Å². The van der Waals surface area contributed by atoms with Crippen LogP contribution in [0.25, 0.3) is 0 Å². The number of H-pyrrole nitrogens is 1. The molecule has 2 rings (SSSR count). The van der Waals surface area contributed by atoms with Gasteiger partial charge in [0.2, 0.25) is 4.77 Å². The number of nitrogens with zero attached hydrogens (tertiary/aromatic N) is 3. The van der Waals surface area contributed by atoms with Crippen LogP contribution in [0.5, 0.6) is 5.75 Å². The third-order valence-electron chi connectivity index (χ3n) is 3.03. The lowest BCUT2D eigenvalue weighted by Gasteiger charge is -2.05. The molecule has 1 N–H and O–H groups in total. The van der Waals surface area contributed by atoms with Gasteiger partial charge in [-0.1, -0.05) is 19.8 Å². The maximum Gasteiger partial charge on any atom is 0.216 e. The number of ether oxygens (including phenoxy) is 1. The van der Waals surface area contributed by atoms with Crippen molar-refractivity contribution >= 4 is 18.4 Å². The standard InChI is InChI=1S/C15H20N4OS/c1-3-4-5-10-20-14-8-6-13(7-9-14)11-16-19-12(2)17-18-15(19)21/h6-9,11H,3-5,10H2,1-2H3,(H,18,21)/b16-11-. The molecule has 1 aromatic carbocycles. The van der Waals surface area contributed by atoms with Gasteiger partial charge in [-0.25, -0.2) is 0 Å². The molecule has 0 atom stereocenters. The predicted molar refractivity (Wildman–Crippen MR) is 86.6 cm³/mol. The van der Waals surface area contributed by atoms with Gasteiger partial charge in [0, 0.05) is 0 Å². The van der Waals surface area contributed by atoms with Gasteiger partial charge in [-0.05, 0) is 55.4 Å². The smallest absolute Gasteiger partial charge is 0.216 e. The molecule has 1 aromatic heterocycles. The van der Waals surface area contributed by atoms with E-state index in [2.05, 4.69) is 22.2 Å². The number of rotatable bonds is 7. The topological polar surface area (TPSA) is 55.2 Å². The van der Waals surface area contributed by atoms with E-state index in [9.17, 15) is 0 Å². The Bertz CT molecular complexity index is 642. The first-order chi connectivity index (χ1) is 10.2. The van der Waals surface area contributed by atoms with Gasteiger partial charge in [0.25, 0.3) is 0 Å². The highest BCUT2D eigenvalue weighted by molar-refractivity contribution is 7.71. The zero-order valence-electron chi connectivity index (χ0n) is 12.4. The van der Waals surface area contributed by atoms with Crippen molar-refractivity contribution in [2.75, 3.05) is 6.61 Å². The Morgan fingerprint density at radius 3 is 2.71 bits per heavy atom. The summed E-state index contributed by atoms with van der Waals surface area (Å²) in [4.78, 5) is 0. The van der Waals surface area contributed by atoms with Gasteiger partial charge in [-0.2, -0.15) is 14.9 Å². The Kier molecular flexibility index (Phi) is 5.68. The molecule has 2 aromatic rings. The van der Waals surface area contributed by atoms with Gasteiger partial charge in [-0.15, -0.1) is 0 Å². The Labute approximate surface area is 129 Å². The molecule has 0 aliphatic rings. The summed E-state index contributed by atoms with van der Waals surface area (Å²) in [5, 5.41) is 11.0. The molecule has 0 fully saturated rings. The van der Waals surface area contributed by atoms with Crippen LogP contribution in [0.4, 0.5) is 0 Å². The summed E-state index contributed by atoms with van der Waals surface area (Å²) in [5.74, 6) is 1.62. The Morgan fingerprint density at radius 2 is 2.10 bits per heavy atom. The van der Waals surface area contributed by atoms with E-state index >= 15 is 0 Å². The van der Waals surface area contributed by atoms with Gasteiger partial charge >= 0.3 is 0 Å². The van der Waals surface area contributed by atoms with E-state index < -0.39 is 0 Å². The third kappa shape index (κ3) is 4.53. The number of aromatic nitrogens is 3. The van der Waals surface area contributed by atoms with E-state index in [4.69, 9.17) is 17.0 Å². The molecule has 0 radical (unpaired) electrons. The summed E-state index contributed by atoms with van der Waals surface area (Å²) in [6.07, 6.45) is 5.25. The molecular weight excluding hydrogens is 284 g/mol. The maximum atomic E-state index is 5.67. The normalized spacial score (nSPS) is 11.1. The predicted octanol–water partition coefficient (Wildman–Crippen LogP) is 3.70. The molecular formula is C15H20N4OS. The summed E-state index contributed by atoms with van der Waals surface area (Å²) < 4.78 is 7.74. The molecule has 112 valence electrons. The lowest BCUT2D eigenvalue weighted by Crippen LogP contribution is -1.97. The maximum absolute atomic E-state index is 5.67. The molecule has 21 heavy (non-hydrogen) atoms. The minimum atomic E-state index is 0.486. The molecule has 0 saturated heterocycles. The molecule has 0 spiro atoms. The Balaban J connectivity index is 1.95. The molecule has 5 nitrogen and oxygen atoms in total. The number of nitrogens with one attached hydrogen (secondary N) is 1. The highest BCUT2D eigenvalue weighted by Crippen LogP contribution is 2.12. The first kappa shape index (κ1) is 15.4. The summed E-state index contributed by atoms with van der Waals surface area (Å²) in [6.45, 7) is 4.80. The van der Waals surface area contributed by atoms with Gasteiger partial charge in [-0.3, -0.25) is 5.10 Å². The zero-order chi connectivity index (χ0) is 15.1. The summed E-state index contributed by atoms with van der Waals surface area (Å²) in [5.41, 5.74) is 0.985. The number of benzene rings is 1. The zero-order valence-corrected chi connectivity index (χ0v) is 13.2. The van der Waals surface area contributed by atoms with E-state index in [0.29, 0.717) is 4.77 Å². The first-order valence-corrected chi connectivity index (χ1v) is 7.52. The summed E-state index contributed by atoms with van der Waals surface area (Å²) in [6, 6.07) is 7.85. The largest absolute Gasteiger partial charge is 0.494 e. The van der Waals surface area contributed by atoms with Crippen LogP contribution in [0, 0.1) is 11.7 Å². The average molecular weight is 304 g/mol. The molecule has 0 saturated carbocycles. The van der Waals surface area contributed by atoms with Crippen molar-refractivity contribution in [3.05, 3.63) is 40.4 Å². The number of hydrogen-bond acceptors (Lipinski definition) is 4. The van der Waals surface area contributed by atoms with Crippen molar-refractivity contribution < 1.29 is 4.74 Å². The first-order valence-electron chi connectivity index (χ1n) is 7.12. The van der Waals surface area contributed by atoms with E-state index in [1.54, 1.807) is 10.9 Å². The minimum Gasteiger partial charge on any atom is -0.494 e.